The van der Waals surface area contributed by atoms with Crippen molar-refractivity contribution in [2.24, 2.45) is 0 Å². The molecule has 1 aliphatic rings. The Morgan fingerprint density at radius 1 is 0.800 bits per heavy atom. The van der Waals surface area contributed by atoms with Crippen LogP contribution in [0, 0.1) is 0 Å². The number of nitrogens with one attached hydrogen (secondary N) is 1. The van der Waals surface area contributed by atoms with E-state index in [0.717, 1.165) is 6.07 Å². The first-order valence-electron chi connectivity index (χ1n) is 11.9. The average molecular weight is 584 g/mol. The molecule has 2 aromatic carbocycles. The summed E-state index contributed by atoms with van der Waals surface area (Å²) < 4.78 is 126. The Hall–Kier alpha value is -3.45. The average Bonchev–Trinajstić information content (AvgIpc) is 3.30. The number of amides is 2. The third-order valence-corrected chi connectivity index (χ3v) is 5.89. The van der Waals surface area contributed by atoms with Crippen LogP contribution in [0.15, 0.2) is 36.4 Å². The van der Waals surface area contributed by atoms with Gasteiger partial charge in [0, 0.05) is 13.1 Å². The summed E-state index contributed by atoms with van der Waals surface area (Å²) in [6, 6.07) is 1.57. The van der Waals surface area contributed by atoms with Crippen LogP contribution in [0.25, 0.3) is 11.1 Å². The zero-order valence-electron chi connectivity index (χ0n) is 21.4. The largest absolute Gasteiger partial charge is 0.444 e. The standard InChI is InChI=1S/C26H25F9N2O3/c1-23(2,3)40-22(39)37-6-4-5-20(37)21(38)36-13-14-7-15(9-17(8-14)24(27,28)29)16-10-18(25(30,31)32)12-19(11-16)26(33,34)35/h7-12,20H,4-6,13H2,1-3H3,(H,36,38). The molecule has 14 heteroatoms. The van der Waals surface area contributed by atoms with Gasteiger partial charge in [0.2, 0.25) is 5.91 Å². The van der Waals surface area contributed by atoms with Gasteiger partial charge in [0.1, 0.15) is 11.6 Å². The van der Waals surface area contributed by atoms with Crippen LogP contribution >= 0.6 is 0 Å². The van der Waals surface area contributed by atoms with Crippen LogP contribution in [-0.2, 0) is 34.6 Å². The molecule has 1 atom stereocenters. The van der Waals surface area contributed by atoms with E-state index in [1.54, 1.807) is 20.8 Å². The number of benzene rings is 2. The van der Waals surface area contributed by atoms with E-state index in [1.165, 1.54) is 4.90 Å². The summed E-state index contributed by atoms with van der Waals surface area (Å²) in [4.78, 5) is 26.4. The number of hydrogen-bond donors (Lipinski definition) is 1. The summed E-state index contributed by atoms with van der Waals surface area (Å²) in [5, 5.41) is 2.40. The number of hydrogen-bond acceptors (Lipinski definition) is 3. The van der Waals surface area contributed by atoms with Crippen LogP contribution in [0.3, 0.4) is 0 Å². The molecule has 5 nitrogen and oxygen atoms in total. The number of alkyl halides is 9. The van der Waals surface area contributed by atoms with E-state index in [9.17, 15) is 49.1 Å². The van der Waals surface area contributed by atoms with Gasteiger partial charge >= 0.3 is 24.6 Å². The molecule has 1 heterocycles. The molecule has 0 saturated carbocycles. The minimum absolute atomic E-state index is 0.129. The van der Waals surface area contributed by atoms with E-state index >= 15 is 0 Å². The molecule has 1 N–H and O–H groups in total. The molecule has 220 valence electrons. The maximum absolute atomic E-state index is 13.6. The fourth-order valence-corrected chi connectivity index (χ4v) is 4.13. The first-order valence-corrected chi connectivity index (χ1v) is 11.9. The lowest BCUT2D eigenvalue weighted by atomic mass is 9.95. The molecule has 1 saturated heterocycles. The van der Waals surface area contributed by atoms with Crippen LogP contribution in [0.1, 0.15) is 55.9 Å². The van der Waals surface area contributed by atoms with E-state index < -0.39 is 76.5 Å². The molecule has 40 heavy (non-hydrogen) atoms. The Bertz CT molecular complexity index is 1230. The Balaban J connectivity index is 1.94. The van der Waals surface area contributed by atoms with Crippen molar-refractivity contribution in [1.29, 1.82) is 0 Å². The summed E-state index contributed by atoms with van der Waals surface area (Å²) >= 11 is 0. The van der Waals surface area contributed by atoms with Crippen molar-refractivity contribution in [3.8, 4) is 11.1 Å². The van der Waals surface area contributed by atoms with Crippen LogP contribution < -0.4 is 5.32 Å². The number of halogens is 9. The highest BCUT2D eigenvalue weighted by Gasteiger charge is 2.39. The number of likely N-dealkylation sites (tertiary alicyclic amines) is 1. The quantitative estimate of drug-likeness (QED) is 0.381. The van der Waals surface area contributed by atoms with Crippen LogP contribution in [-0.4, -0.2) is 35.1 Å². The van der Waals surface area contributed by atoms with Crippen molar-refractivity contribution in [1.82, 2.24) is 10.2 Å². The van der Waals surface area contributed by atoms with Crippen LogP contribution in [0.4, 0.5) is 44.3 Å². The molecule has 3 rings (SSSR count). The fourth-order valence-electron chi connectivity index (χ4n) is 4.13. The van der Waals surface area contributed by atoms with Crippen LogP contribution in [0.2, 0.25) is 0 Å². The SMILES string of the molecule is CC(C)(C)OC(=O)N1CCCC1C(=O)NCc1cc(-c2cc(C(F)(F)F)cc(C(F)(F)F)c2)cc(C(F)(F)F)c1. The molecule has 0 aromatic heterocycles. The van der Waals surface area contributed by atoms with Gasteiger partial charge in [-0.05, 0) is 86.7 Å². The lowest BCUT2D eigenvalue weighted by molar-refractivity contribution is -0.143. The maximum atomic E-state index is 13.6. The third kappa shape index (κ3) is 7.81. The Kier molecular flexibility index (Phi) is 8.43. The summed E-state index contributed by atoms with van der Waals surface area (Å²) in [6.45, 7) is 4.55. The molecule has 2 amide bonds. The third-order valence-electron chi connectivity index (χ3n) is 5.89. The van der Waals surface area contributed by atoms with Gasteiger partial charge in [0.15, 0.2) is 0 Å². The van der Waals surface area contributed by atoms with Gasteiger partial charge in [-0.2, -0.15) is 39.5 Å². The highest BCUT2D eigenvalue weighted by molar-refractivity contribution is 5.86. The predicted molar refractivity (Wildman–Crippen MR) is 125 cm³/mol. The lowest BCUT2D eigenvalue weighted by Gasteiger charge is -2.28. The molecular weight excluding hydrogens is 559 g/mol. The topological polar surface area (TPSA) is 58.6 Å². The van der Waals surface area contributed by atoms with Gasteiger partial charge in [-0.25, -0.2) is 4.79 Å². The first kappa shape index (κ1) is 31.1. The van der Waals surface area contributed by atoms with E-state index in [4.69, 9.17) is 4.74 Å². The number of ether oxygens (including phenoxy) is 1. The van der Waals surface area contributed by atoms with Crippen molar-refractivity contribution < 1.29 is 53.8 Å². The molecule has 0 radical (unpaired) electrons. The Morgan fingerprint density at radius 2 is 1.27 bits per heavy atom. The number of rotatable bonds is 4. The molecule has 2 aromatic rings. The maximum Gasteiger partial charge on any atom is 0.416 e. The number of carbonyl (C=O) groups is 2. The van der Waals surface area contributed by atoms with Crippen molar-refractivity contribution in [3.05, 3.63) is 58.7 Å². The molecule has 1 aliphatic heterocycles. The van der Waals surface area contributed by atoms with Crippen molar-refractivity contribution >= 4 is 12.0 Å². The van der Waals surface area contributed by atoms with Crippen molar-refractivity contribution in [2.75, 3.05) is 6.54 Å². The molecule has 0 bridgehead atoms. The molecule has 1 fully saturated rings. The van der Waals surface area contributed by atoms with Gasteiger partial charge < -0.3 is 10.1 Å². The second kappa shape index (κ2) is 10.8. The fraction of sp³-hybridized carbons (Fsp3) is 0.462. The van der Waals surface area contributed by atoms with E-state index in [-0.39, 0.29) is 24.6 Å². The highest BCUT2D eigenvalue weighted by atomic mass is 19.4. The van der Waals surface area contributed by atoms with Crippen molar-refractivity contribution in [3.63, 3.8) is 0 Å². The van der Waals surface area contributed by atoms with Crippen LogP contribution in [0.5, 0.6) is 0 Å². The Labute approximate surface area is 223 Å². The van der Waals surface area contributed by atoms with Gasteiger partial charge in [-0.15, -0.1) is 0 Å². The summed E-state index contributed by atoms with van der Waals surface area (Å²) in [6.07, 6.45) is -15.4. The summed E-state index contributed by atoms with van der Waals surface area (Å²) in [5.74, 6) is -0.708. The van der Waals surface area contributed by atoms with Crippen molar-refractivity contribution in [2.45, 2.75) is 70.3 Å². The Morgan fingerprint density at radius 3 is 1.75 bits per heavy atom. The smallest absolute Gasteiger partial charge is 0.416 e. The first-order chi connectivity index (χ1) is 18.1. The monoisotopic (exact) mass is 584 g/mol. The van der Waals surface area contributed by atoms with E-state index in [1.807, 2.05) is 0 Å². The molecular formula is C26H25F9N2O3. The number of carbonyl (C=O) groups excluding carboxylic acids is 2. The van der Waals surface area contributed by atoms with Gasteiger partial charge in [0.25, 0.3) is 0 Å². The second-order valence-corrected chi connectivity index (χ2v) is 10.3. The summed E-state index contributed by atoms with van der Waals surface area (Å²) in [7, 11) is 0. The molecule has 1 unspecified atom stereocenters. The molecule has 0 spiro atoms. The van der Waals surface area contributed by atoms with E-state index in [2.05, 4.69) is 5.32 Å². The zero-order chi connectivity index (χ0) is 30.3. The second-order valence-electron chi connectivity index (χ2n) is 10.3. The minimum Gasteiger partial charge on any atom is -0.444 e. The van der Waals surface area contributed by atoms with E-state index in [0.29, 0.717) is 30.7 Å². The van der Waals surface area contributed by atoms with Gasteiger partial charge in [-0.3, -0.25) is 9.69 Å². The zero-order valence-corrected chi connectivity index (χ0v) is 21.4. The lowest BCUT2D eigenvalue weighted by Crippen LogP contribution is -2.47. The summed E-state index contributed by atoms with van der Waals surface area (Å²) in [5.41, 5.74) is -7.09. The highest BCUT2D eigenvalue weighted by Crippen LogP contribution is 2.40. The normalized spacial score (nSPS) is 16.7. The minimum atomic E-state index is -5.20. The number of nitrogens with zero attached hydrogens (tertiary/aromatic N) is 1. The predicted octanol–water partition coefficient (Wildman–Crippen LogP) is 7.43. The molecule has 0 aliphatic carbocycles. The van der Waals surface area contributed by atoms with Gasteiger partial charge in [0.05, 0.1) is 16.7 Å². The van der Waals surface area contributed by atoms with Gasteiger partial charge in [-0.1, -0.05) is 0 Å².